The number of aliphatic hydroxyl groups excluding tert-OH is 1. The molecule has 8 nitrogen and oxygen atoms in total. The molecule has 4 N–H and O–H groups in total. The summed E-state index contributed by atoms with van der Waals surface area (Å²) in [6, 6.07) is 0. The minimum Gasteiger partial charge on any atom is -0.481 e. The average molecular weight is 243 g/mol. The molecular formula is C6H7ClO8. The number of hydrogen-bond donors (Lipinski definition) is 4. The van der Waals surface area contributed by atoms with Gasteiger partial charge in [0, 0.05) is 0 Å². The van der Waals surface area contributed by atoms with Crippen LogP contribution in [0.4, 0.5) is 0 Å². The van der Waals surface area contributed by atoms with Crippen LogP contribution in [0.5, 0.6) is 0 Å². The molecule has 0 saturated carbocycles. The Bertz CT molecular complexity index is 289. The van der Waals surface area contributed by atoms with Gasteiger partial charge in [0.15, 0.2) is 6.10 Å². The fourth-order valence-corrected chi connectivity index (χ4v) is 0.916. The zero-order chi connectivity index (χ0) is 12.2. The van der Waals surface area contributed by atoms with Gasteiger partial charge in [-0.25, -0.2) is 9.59 Å². The van der Waals surface area contributed by atoms with Gasteiger partial charge < -0.3 is 24.7 Å². The Morgan fingerprint density at radius 3 is 2.07 bits per heavy atom. The van der Waals surface area contributed by atoms with Crippen LogP contribution in [0.15, 0.2) is 0 Å². The number of carbonyl (C=O) groups is 3. The Kier molecular flexibility index (Phi) is 4.46. The monoisotopic (exact) mass is 242 g/mol. The number of aliphatic hydroxyl groups is 2. The van der Waals surface area contributed by atoms with Gasteiger partial charge in [-0.05, 0) is 0 Å². The first-order valence-corrected chi connectivity index (χ1v) is 3.74. The van der Waals surface area contributed by atoms with Crippen molar-refractivity contribution in [3.05, 3.63) is 0 Å². The average Bonchev–Trinajstić information content (AvgIpc) is 2.13. The highest BCUT2D eigenvalue weighted by molar-refractivity contribution is 6.14. The minimum absolute atomic E-state index is 1.36. The molecule has 15 heavy (non-hydrogen) atoms. The lowest BCUT2D eigenvalue weighted by molar-refractivity contribution is -0.185. The van der Waals surface area contributed by atoms with Crippen molar-refractivity contribution in [2.45, 2.75) is 18.1 Å². The van der Waals surface area contributed by atoms with E-state index in [9.17, 15) is 19.5 Å². The molecule has 0 radical (unpaired) electrons. The summed E-state index contributed by atoms with van der Waals surface area (Å²) in [5.74, 6) is -5.46. The fraction of sp³-hybridized carbons (Fsp3) is 0.500. The van der Waals surface area contributed by atoms with Crippen molar-refractivity contribution >= 4 is 29.8 Å². The molecule has 0 rings (SSSR count). The molecule has 0 bridgehead atoms. The van der Waals surface area contributed by atoms with Gasteiger partial charge in [-0.1, -0.05) is 0 Å². The standard InChI is InChI=1S/C6H7ClO8/c7-15-5(13)6(14,1-2(8)9)3(10)4(11)12/h3,10,14H,1H2,(H,8,9)(H,11,12). The normalized spacial score (nSPS) is 16.2. The molecule has 2 unspecified atom stereocenters. The third kappa shape index (κ3) is 3.05. The molecule has 2 atom stereocenters. The van der Waals surface area contributed by atoms with E-state index in [-0.39, 0.29) is 0 Å². The number of halogens is 1. The summed E-state index contributed by atoms with van der Waals surface area (Å²) in [5.41, 5.74) is -3.13. The van der Waals surface area contributed by atoms with E-state index in [0.717, 1.165) is 0 Å². The topological polar surface area (TPSA) is 141 Å². The number of aliphatic carboxylic acids is 2. The Balaban J connectivity index is 5.09. The van der Waals surface area contributed by atoms with Crippen LogP contribution >= 0.6 is 11.9 Å². The van der Waals surface area contributed by atoms with Crippen molar-refractivity contribution in [1.29, 1.82) is 0 Å². The second kappa shape index (κ2) is 4.91. The maximum Gasteiger partial charge on any atom is 0.360 e. The minimum atomic E-state index is -3.13. The molecule has 0 spiro atoms. The fourth-order valence-electron chi connectivity index (χ4n) is 0.782. The third-order valence-electron chi connectivity index (χ3n) is 1.53. The van der Waals surface area contributed by atoms with Gasteiger partial charge in [-0.15, -0.1) is 0 Å². The van der Waals surface area contributed by atoms with Gasteiger partial charge in [0.25, 0.3) is 0 Å². The largest absolute Gasteiger partial charge is 0.481 e. The summed E-state index contributed by atoms with van der Waals surface area (Å²) in [7, 11) is 0. The van der Waals surface area contributed by atoms with E-state index in [2.05, 4.69) is 16.2 Å². The predicted octanol–water partition coefficient (Wildman–Crippen LogP) is -1.67. The quantitative estimate of drug-likeness (QED) is 0.448. The Morgan fingerprint density at radius 1 is 1.33 bits per heavy atom. The van der Waals surface area contributed by atoms with Crippen molar-refractivity contribution < 1.29 is 39.1 Å². The number of carbonyl (C=O) groups excluding carboxylic acids is 1. The zero-order valence-corrected chi connectivity index (χ0v) is 7.84. The van der Waals surface area contributed by atoms with E-state index in [1.165, 1.54) is 0 Å². The smallest absolute Gasteiger partial charge is 0.360 e. The van der Waals surface area contributed by atoms with Crippen LogP contribution < -0.4 is 0 Å². The van der Waals surface area contributed by atoms with Crippen LogP contribution in [0, 0.1) is 0 Å². The van der Waals surface area contributed by atoms with Crippen LogP contribution in [0.25, 0.3) is 0 Å². The van der Waals surface area contributed by atoms with Gasteiger partial charge in [0.05, 0.1) is 6.42 Å². The highest BCUT2D eigenvalue weighted by Gasteiger charge is 2.50. The van der Waals surface area contributed by atoms with Crippen molar-refractivity contribution in [1.82, 2.24) is 0 Å². The van der Waals surface area contributed by atoms with Crippen LogP contribution in [0.3, 0.4) is 0 Å². The first-order valence-electron chi connectivity index (χ1n) is 3.43. The molecule has 0 aromatic carbocycles. The Hall–Kier alpha value is -1.38. The highest BCUT2D eigenvalue weighted by atomic mass is 35.5. The molecule has 0 aliphatic carbocycles. The van der Waals surface area contributed by atoms with Gasteiger partial charge in [0.1, 0.15) is 11.9 Å². The maximum atomic E-state index is 10.8. The van der Waals surface area contributed by atoms with E-state index in [1.54, 1.807) is 0 Å². The Morgan fingerprint density at radius 2 is 1.80 bits per heavy atom. The van der Waals surface area contributed by atoms with Crippen LogP contribution in [0.2, 0.25) is 0 Å². The maximum absolute atomic E-state index is 10.8. The molecule has 0 aromatic rings. The second-order valence-electron chi connectivity index (χ2n) is 2.60. The molecule has 0 heterocycles. The van der Waals surface area contributed by atoms with Crippen molar-refractivity contribution in [3.8, 4) is 0 Å². The molecule has 0 saturated heterocycles. The molecule has 0 fully saturated rings. The van der Waals surface area contributed by atoms with E-state index in [4.69, 9.17) is 15.3 Å². The summed E-state index contributed by atoms with van der Waals surface area (Å²) in [6.45, 7) is 0. The molecule has 0 aliphatic heterocycles. The molecule has 0 amide bonds. The summed E-state index contributed by atoms with van der Waals surface area (Å²) in [4.78, 5) is 31.4. The van der Waals surface area contributed by atoms with E-state index in [1.807, 2.05) is 0 Å². The van der Waals surface area contributed by atoms with Gasteiger partial charge in [-0.2, -0.15) is 0 Å². The molecule has 9 heteroatoms. The van der Waals surface area contributed by atoms with Gasteiger partial charge >= 0.3 is 17.9 Å². The number of rotatable bonds is 5. The molecular weight excluding hydrogens is 236 g/mol. The summed E-state index contributed by atoms with van der Waals surface area (Å²) in [6.07, 6.45) is -4.01. The predicted molar refractivity (Wildman–Crippen MR) is 42.8 cm³/mol. The summed E-state index contributed by atoms with van der Waals surface area (Å²) < 4.78 is 3.48. The third-order valence-corrected chi connectivity index (χ3v) is 1.67. The Labute approximate surface area is 87.8 Å². The van der Waals surface area contributed by atoms with Crippen molar-refractivity contribution in [2.24, 2.45) is 0 Å². The van der Waals surface area contributed by atoms with Gasteiger partial charge in [0.2, 0.25) is 5.60 Å². The first kappa shape index (κ1) is 13.6. The van der Waals surface area contributed by atoms with Crippen molar-refractivity contribution in [2.75, 3.05) is 0 Å². The lowest BCUT2D eigenvalue weighted by Crippen LogP contribution is -2.54. The van der Waals surface area contributed by atoms with E-state index < -0.39 is 36.0 Å². The lowest BCUT2D eigenvalue weighted by Gasteiger charge is -2.24. The van der Waals surface area contributed by atoms with Crippen LogP contribution in [0.1, 0.15) is 6.42 Å². The van der Waals surface area contributed by atoms with Crippen LogP contribution in [-0.4, -0.2) is 50.0 Å². The van der Waals surface area contributed by atoms with Crippen molar-refractivity contribution in [3.63, 3.8) is 0 Å². The van der Waals surface area contributed by atoms with E-state index in [0.29, 0.717) is 0 Å². The van der Waals surface area contributed by atoms with Crippen LogP contribution in [-0.2, 0) is 18.7 Å². The molecule has 86 valence electrons. The van der Waals surface area contributed by atoms with E-state index >= 15 is 0 Å². The lowest BCUT2D eigenvalue weighted by atomic mass is 9.93. The highest BCUT2D eigenvalue weighted by Crippen LogP contribution is 2.19. The second-order valence-corrected chi connectivity index (χ2v) is 2.75. The van der Waals surface area contributed by atoms with Gasteiger partial charge in [-0.3, -0.25) is 4.79 Å². The number of carboxylic acids is 2. The number of carboxylic acid groups (broad SMARTS) is 2. The molecule has 0 aliphatic rings. The summed E-state index contributed by atoms with van der Waals surface area (Å²) >= 11 is 4.56. The summed E-state index contributed by atoms with van der Waals surface area (Å²) in [5, 5.41) is 34.9. The zero-order valence-electron chi connectivity index (χ0n) is 7.08. The molecule has 0 aromatic heterocycles. The number of hydrogen-bond acceptors (Lipinski definition) is 6. The first-order chi connectivity index (χ1) is 6.75. The SMILES string of the molecule is O=C(O)CC(O)(C(=O)OCl)C(O)C(=O)O.